The number of aromatic nitrogens is 2. The second-order valence-corrected chi connectivity index (χ2v) is 10.8. The molecule has 0 bridgehead atoms. The first-order chi connectivity index (χ1) is 14.8. The van der Waals surface area contributed by atoms with Gasteiger partial charge in [0.1, 0.15) is 4.83 Å². The Labute approximate surface area is 190 Å². The zero-order valence-corrected chi connectivity index (χ0v) is 19.7. The van der Waals surface area contributed by atoms with Crippen molar-refractivity contribution in [3.63, 3.8) is 0 Å². The summed E-state index contributed by atoms with van der Waals surface area (Å²) in [7, 11) is 0. The van der Waals surface area contributed by atoms with Crippen molar-refractivity contribution in [2.45, 2.75) is 25.7 Å². The molecule has 7 heteroatoms. The van der Waals surface area contributed by atoms with E-state index < -0.39 is 0 Å². The molecule has 0 aliphatic carbocycles. The summed E-state index contributed by atoms with van der Waals surface area (Å²) in [6.45, 7) is 7.47. The molecule has 0 atom stereocenters. The molecule has 5 rings (SSSR count). The Morgan fingerprint density at radius 2 is 1.87 bits per heavy atom. The lowest BCUT2D eigenvalue weighted by atomic mass is 9.97. The fourth-order valence-corrected chi connectivity index (χ4v) is 6.51. The molecule has 2 fully saturated rings. The van der Waals surface area contributed by atoms with E-state index in [1.54, 1.807) is 11.3 Å². The molecule has 2 saturated heterocycles. The molecule has 5 nitrogen and oxygen atoms in total. The topological polar surface area (TPSA) is 44.4 Å². The second kappa shape index (κ2) is 9.39. The Kier molecular flexibility index (Phi) is 6.41. The number of H-pyrrole nitrogens is 1. The molecule has 0 spiro atoms. The highest BCUT2D eigenvalue weighted by molar-refractivity contribution is 9.11. The molecular weight excluding hydrogens is 460 g/mol. The van der Waals surface area contributed by atoms with E-state index in [4.69, 9.17) is 9.84 Å². The van der Waals surface area contributed by atoms with Crippen molar-refractivity contribution in [3.8, 4) is 11.1 Å². The molecule has 2 aliphatic rings. The smallest absolute Gasteiger partial charge is 0.159 e. The number of aromatic amines is 1. The van der Waals surface area contributed by atoms with Gasteiger partial charge in [-0.2, -0.15) is 5.10 Å². The molecule has 0 unspecified atom stereocenters. The van der Waals surface area contributed by atoms with E-state index in [9.17, 15) is 0 Å². The third kappa shape index (κ3) is 4.31. The Morgan fingerprint density at radius 1 is 1.10 bits per heavy atom. The van der Waals surface area contributed by atoms with Crippen molar-refractivity contribution in [2.24, 2.45) is 5.92 Å². The Morgan fingerprint density at radius 3 is 2.63 bits per heavy atom. The van der Waals surface area contributed by atoms with Crippen molar-refractivity contribution in [3.05, 3.63) is 34.1 Å². The molecule has 2 aliphatic heterocycles. The zero-order valence-electron chi connectivity index (χ0n) is 17.3. The summed E-state index contributed by atoms with van der Waals surface area (Å²) in [6.07, 6.45) is 5.05. The number of rotatable bonds is 7. The van der Waals surface area contributed by atoms with Crippen LogP contribution < -0.4 is 4.90 Å². The highest BCUT2D eigenvalue weighted by Gasteiger charge is 2.26. The third-order valence-corrected chi connectivity index (χ3v) is 8.20. The minimum absolute atomic E-state index is 0.664. The van der Waals surface area contributed by atoms with Crippen LogP contribution >= 0.6 is 27.3 Å². The van der Waals surface area contributed by atoms with E-state index in [0.29, 0.717) is 5.92 Å². The summed E-state index contributed by atoms with van der Waals surface area (Å²) in [6, 6.07) is 10.6. The highest BCUT2D eigenvalue weighted by Crippen LogP contribution is 2.45. The fourth-order valence-electron chi connectivity index (χ4n) is 4.71. The van der Waals surface area contributed by atoms with Gasteiger partial charge in [0.05, 0.1) is 15.8 Å². The number of nitrogens with zero attached hydrogens (tertiary/aromatic N) is 3. The number of anilines is 1. The van der Waals surface area contributed by atoms with Crippen LogP contribution in [-0.4, -0.2) is 61.0 Å². The number of halogens is 1. The number of hydrogen-bond acceptors (Lipinski definition) is 5. The van der Waals surface area contributed by atoms with Crippen molar-refractivity contribution in [1.82, 2.24) is 15.1 Å². The van der Waals surface area contributed by atoms with Gasteiger partial charge in [0.15, 0.2) is 5.82 Å². The SMILES string of the molecule is Brc1sc2[nH]nc(N3CCC(COCCN4CCCC4)CC3)c2c1-c1ccccc1. The lowest BCUT2D eigenvalue weighted by molar-refractivity contribution is 0.0753. The summed E-state index contributed by atoms with van der Waals surface area (Å²) in [4.78, 5) is 6.11. The Hall–Kier alpha value is -1.41. The molecule has 1 N–H and O–H groups in total. The van der Waals surface area contributed by atoms with Crippen LogP contribution in [0.2, 0.25) is 0 Å². The van der Waals surface area contributed by atoms with Crippen LogP contribution in [0.25, 0.3) is 21.3 Å². The fraction of sp³-hybridized carbons (Fsp3) is 0.522. The summed E-state index contributed by atoms with van der Waals surface area (Å²) in [5, 5.41) is 9.22. The molecule has 3 aromatic rings. The van der Waals surface area contributed by atoms with Gasteiger partial charge in [-0.3, -0.25) is 5.10 Å². The van der Waals surface area contributed by atoms with Crippen molar-refractivity contribution >= 4 is 43.3 Å². The number of thiophene rings is 1. The van der Waals surface area contributed by atoms with E-state index in [-0.39, 0.29) is 0 Å². The number of benzene rings is 1. The number of likely N-dealkylation sites (tertiary alicyclic amines) is 1. The molecule has 2 aromatic heterocycles. The molecule has 0 saturated carbocycles. The number of fused-ring (bicyclic) bond motifs is 1. The molecule has 4 heterocycles. The first kappa shape index (κ1) is 20.5. The minimum Gasteiger partial charge on any atom is -0.380 e. The second-order valence-electron chi connectivity index (χ2n) is 8.42. The van der Waals surface area contributed by atoms with Gasteiger partial charge in [0.2, 0.25) is 0 Å². The quantitative estimate of drug-likeness (QED) is 0.453. The van der Waals surface area contributed by atoms with E-state index in [0.717, 1.165) is 43.5 Å². The van der Waals surface area contributed by atoms with Gasteiger partial charge in [-0.1, -0.05) is 30.3 Å². The van der Waals surface area contributed by atoms with Gasteiger partial charge in [0.25, 0.3) is 0 Å². The van der Waals surface area contributed by atoms with Gasteiger partial charge < -0.3 is 14.5 Å². The van der Waals surface area contributed by atoms with Crippen molar-refractivity contribution in [2.75, 3.05) is 50.8 Å². The maximum Gasteiger partial charge on any atom is 0.159 e. The standard InChI is InChI=1S/C23H29BrN4OS/c24-21-19(18-6-2-1-3-7-18)20-22(25-26-23(20)30-21)28-12-8-17(9-13-28)16-29-15-14-27-10-4-5-11-27/h1-3,6-7,17H,4-5,8-16H2,(H,25,26). The summed E-state index contributed by atoms with van der Waals surface area (Å²) < 4.78 is 7.19. The van der Waals surface area contributed by atoms with Gasteiger partial charge >= 0.3 is 0 Å². The van der Waals surface area contributed by atoms with E-state index >= 15 is 0 Å². The minimum atomic E-state index is 0.664. The summed E-state index contributed by atoms with van der Waals surface area (Å²) >= 11 is 5.52. The molecule has 30 heavy (non-hydrogen) atoms. The molecule has 1 aromatic carbocycles. The molecule has 160 valence electrons. The Balaban J connectivity index is 1.21. The van der Waals surface area contributed by atoms with E-state index in [1.165, 1.54) is 59.1 Å². The largest absolute Gasteiger partial charge is 0.380 e. The number of hydrogen-bond donors (Lipinski definition) is 1. The average molecular weight is 489 g/mol. The van der Waals surface area contributed by atoms with Crippen LogP contribution in [0.5, 0.6) is 0 Å². The average Bonchev–Trinajstić information content (AvgIpc) is 3.50. The van der Waals surface area contributed by atoms with Crippen LogP contribution in [-0.2, 0) is 4.74 Å². The number of nitrogens with one attached hydrogen (secondary N) is 1. The first-order valence-corrected chi connectivity index (χ1v) is 12.7. The Bertz CT molecular complexity index is 958. The highest BCUT2D eigenvalue weighted by atomic mass is 79.9. The normalized spacial score (nSPS) is 18.6. The van der Waals surface area contributed by atoms with Gasteiger partial charge in [-0.05, 0) is 66.2 Å². The maximum atomic E-state index is 6.03. The summed E-state index contributed by atoms with van der Waals surface area (Å²) in [5.74, 6) is 1.76. The van der Waals surface area contributed by atoms with Crippen LogP contribution in [0.15, 0.2) is 34.1 Å². The molecular formula is C23H29BrN4OS. The van der Waals surface area contributed by atoms with Gasteiger partial charge in [0, 0.05) is 31.8 Å². The predicted octanol–water partition coefficient (Wildman–Crippen LogP) is 5.38. The van der Waals surface area contributed by atoms with Gasteiger partial charge in [-0.25, -0.2) is 0 Å². The van der Waals surface area contributed by atoms with E-state index in [1.807, 2.05) is 0 Å². The third-order valence-electron chi connectivity index (χ3n) is 6.43. The lowest BCUT2D eigenvalue weighted by Gasteiger charge is -2.32. The number of ether oxygens (including phenoxy) is 1. The van der Waals surface area contributed by atoms with Crippen LogP contribution in [0.1, 0.15) is 25.7 Å². The lowest BCUT2D eigenvalue weighted by Crippen LogP contribution is -2.35. The van der Waals surface area contributed by atoms with Crippen LogP contribution in [0, 0.1) is 5.92 Å². The van der Waals surface area contributed by atoms with Crippen LogP contribution in [0.4, 0.5) is 5.82 Å². The van der Waals surface area contributed by atoms with Crippen molar-refractivity contribution in [1.29, 1.82) is 0 Å². The molecule has 0 radical (unpaired) electrons. The maximum absolute atomic E-state index is 6.03. The monoisotopic (exact) mass is 488 g/mol. The number of piperidine rings is 1. The van der Waals surface area contributed by atoms with Crippen LogP contribution in [0.3, 0.4) is 0 Å². The van der Waals surface area contributed by atoms with E-state index in [2.05, 4.69) is 61.2 Å². The predicted molar refractivity (Wildman–Crippen MR) is 129 cm³/mol. The zero-order chi connectivity index (χ0) is 20.3. The van der Waals surface area contributed by atoms with Gasteiger partial charge in [-0.15, -0.1) is 11.3 Å². The first-order valence-electron chi connectivity index (χ1n) is 11.1. The summed E-state index contributed by atoms with van der Waals surface area (Å²) in [5.41, 5.74) is 2.49. The molecule has 0 amide bonds. The van der Waals surface area contributed by atoms with Crippen molar-refractivity contribution < 1.29 is 4.74 Å².